The molecule has 3 aromatic heterocycles. The Balaban J connectivity index is 1.37. The molecule has 0 aliphatic rings. The molecule has 1 amide bonds. The van der Waals surface area contributed by atoms with Crippen LogP contribution < -0.4 is 10.1 Å². The SMILES string of the molecule is O=C(Nc1cc(-c2ccncc2)[nH]n1)c1ccn(COc2cccc(Cl)c2)n1. The highest BCUT2D eigenvalue weighted by molar-refractivity contribution is 6.30. The maximum absolute atomic E-state index is 12.4. The van der Waals surface area contributed by atoms with Crippen molar-refractivity contribution < 1.29 is 9.53 Å². The fraction of sp³-hybridized carbons (Fsp3) is 0.0526. The average molecular weight is 395 g/mol. The van der Waals surface area contributed by atoms with Crippen LogP contribution in [0.5, 0.6) is 5.75 Å². The molecule has 1 aromatic carbocycles. The summed E-state index contributed by atoms with van der Waals surface area (Å²) in [5.41, 5.74) is 1.95. The Labute approximate surface area is 165 Å². The number of H-pyrrole nitrogens is 1. The molecule has 2 N–H and O–H groups in total. The van der Waals surface area contributed by atoms with Crippen LogP contribution in [0.2, 0.25) is 5.02 Å². The molecule has 4 aromatic rings. The zero-order valence-corrected chi connectivity index (χ0v) is 15.3. The number of nitrogens with one attached hydrogen (secondary N) is 2. The van der Waals surface area contributed by atoms with Crippen molar-refractivity contribution in [1.82, 2.24) is 25.0 Å². The van der Waals surface area contributed by atoms with Gasteiger partial charge in [0.2, 0.25) is 0 Å². The minimum Gasteiger partial charge on any atom is -0.471 e. The first-order valence-corrected chi connectivity index (χ1v) is 8.74. The van der Waals surface area contributed by atoms with Crippen molar-refractivity contribution in [1.29, 1.82) is 0 Å². The number of ether oxygens (including phenoxy) is 1. The molecule has 28 heavy (non-hydrogen) atoms. The van der Waals surface area contributed by atoms with E-state index in [-0.39, 0.29) is 18.3 Å². The lowest BCUT2D eigenvalue weighted by Crippen LogP contribution is -2.14. The summed E-state index contributed by atoms with van der Waals surface area (Å²) >= 11 is 5.92. The van der Waals surface area contributed by atoms with E-state index in [1.807, 2.05) is 12.1 Å². The second-order valence-electron chi connectivity index (χ2n) is 5.83. The van der Waals surface area contributed by atoms with E-state index in [1.54, 1.807) is 55.0 Å². The number of carbonyl (C=O) groups is 1. The number of rotatable bonds is 6. The molecule has 4 rings (SSSR count). The number of hydrogen-bond donors (Lipinski definition) is 2. The summed E-state index contributed by atoms with van der Waals surface area (Å²) in [5.74, 6) is 0.657. The predicted molar refractivity (Wildman–Crippen MR) is 104 cm³/mol. The highest BCUT2D eigenvalue weighted by atomic mass is 35.5. The fourth-order valence-corrected chi connectivity index (χ4v) is 2.68. The van der Waals surface area contributed by atoms with E-state index < -0.39 is 0 Å². The molecule has 0 spiro atoms. The first-order valence-electron chi connectivity index (χ1n) is 8.36. The molecule has 0 unspecified atom stereocenters. The summed E-state index contributed by atoms with van der Waals surface area (Å²) in [6.45, 7) is 0.155. The minimum atomic E-state index is -0.366. The molecule has 9 heteroatoms. The molecule has 140 valence electrons. The van der Waals surface area contributed by atoms with Crippen LogP contribution in [-0.4, -0.2) is 30.9 Å². The Bertz CT molecular complexity index is 1090. The lowest BCUT2D eigenvalue weighted by Gasteiger charge is -2.06. The van der Waals surface area contributed by atoms with E-state index in [4.69, 9.17) is 16.3 Å². The van der Waals surface area contributed by atoms with Crippen molar-refractivity contribution in [2.45, 2.75) is 6.73 Å². The van der Waals surface area contributed by atoms with Gasteiger partial charge in [-0.3, -0.25) is 14.9 Å². The Hall–Kier alpha value is -3.65. The van der Waals surface area contributed by atoms with E-state index in [9.17, 15) is 4.79 Å². The molecule has 0 aliphatic carbocycles. The molecule has 0 aliphatic heterocycles. The highest BCUT2D eigenvalue weighted by Crippen LogP contribution is 2.19. The third kappa shape index (κ3) is 4.18. The number of halogens is 1. The monoisotopic (exact) mass is 394 g/mol. The third-order valence-electron chi connectivity index (χ3n) is 3.84. The molecule has 0 fully saturated rings. The molecule has 0 atom stereocenters. The summed E-state index contributed by atoms with van der Waals surface area (Å²) in [6.07, 6.45) is 5.03. The molecule has 0 saturated carbocycles. The highest BCUT2D eigenvalue weighted by Gasteiger charge is 2.12. The molecule has 0 bridgehead atoms. The van der Waals surface area contributed by atoms with Gasteiger partial charge in [-0.05, 0) is 36.4 Å². The van der Waals surface area contributed by atoms with E-state index in [0.717, 1.165) is 11.3 Å². The molecule has 0 radical (unpaired) electrons. The Morgan fingerprint density at radius 3 is 2.86 bits per heavy atom. The van der Waals surface area contributed by atoms with Crippen molar-refractivity contribution in [2.24, 2.45) is 0 Å². The van der Waals surface area contributed by atoms with Gasteiger partial charge < -0.3 is 10.1 Å². The number of benzene rings is 1. The van der Waals surface area contributed by atoms with Gasteiger partial charge in [0, 0.05) is 35.2 Å². The van der Waals surface area contributed by atoms with E-state index in [2.05, 4.69) is 25.6 Å². The number of anilines is 1. The first-order chi connectivity index (χ1) is 13.7. The van der Waals surface area contributed by atoms with Crippen LogP contribution in [0.1, 0.15) is 10.5 Å². The van der Waals surface area contributed by atoms with Gasteiger partial charge in [-0.1, -0.05) is 17.7 Å². The molecular formula is C19H15ClN6O2. The quantitative estimate of drug-likeness (QED) is 0.520. The number of nitrogens with zero attached hydrogens (tertiary/aromatic N) is 4. The molecule has 3 heterocycles. The van der Waals surface area contributed by atoms with Crippen LogP contribution in [0.15, 0.2) is 67.1 Å². The van der Waals surface area contributed by atoms with Crippen molar-refractivity contribution >= 4 is 23.3 Å². The molecule has 0 saturated heterocycles. The Morgan fingerprint density at radius 2 is 2.04 bits per heavy atom. The average Bonchev–Trinajstić information content (AvgIpc) is 3.37. The maximum Gasteiger partial charge on any atom is 0.277 e. The van der Waals surface area contributed by atoms with Crippen LogP contribution in [-0.2, 0) is 6.73 Å². The zero-order valence-electron chi connectivity index (χ0n) is 14.5. The van der Waals surface area contributed by atoms with Gasteiger partial charge in [0.1, 0.15) is 5.75 Å². The number of hydrogen-bond acceptors (Lipinski definition) is 5. The molecular weight excluding hydrogens is 380 g/mol. The van der Waals surface area contributed by atoms with Crippen molar-refractivity contribution in [3.05, 3.63) is 77.8 Å². The largest absolute Gasteiger partial charge is 0.471 e. The van der Waals surface area contributed by atoms with E-state index in [0.29, 0.717) is 16.6 Å². The van der Waals surface area contributed by atoms with Crippen LogP contribution in [0, 0.1) is 0 Å². The van der Waals surface area contributed by atoms with Crippen LogP contribution in [0.4, 0.5) is 5.82 Å². The summed E-state index contributed by atoms with van der Waals surface area (Å²) in [6, 6.07) is 14.1. The zero-order chi connectivity index (χ0) is 19.3. The topological polar surface area (TPSA) is 97.7 Å². The normalized spacial score (nSPS) is 10.6. The lowest BCUT2D eigenvalue weighted by atomic mass is 10.2. The van der Waals surface area contributed by atoms with Crippen LogP contribution >= 0.6 is 11.6 Å². The van der Waals surface area contributed by atoms with Crippen LogP contribution in [0.25, 0.3) is 11.3 Å². The van der Waals surface area contributed by atoms with Crippen molar-refractivity contribution in [3.63, 3.8) is 0 Å². The van der Waals surface area contributed by atoms with Crippen molar-refractivity contribution in [2.75, 3.05) is 5.32 Å². The summed E-state index contributed by atoms with van der Waals surface area (Å²) in [4.78, 5) is 16.4. The van der Waals surface area contributed by atoms with E-state index >= 15 is 0 Å². The van der Waals surface area contributed by atoms with Gasteiger partial charge in [-0.25, -0.2) is 4.68 Å². The second kappa shape index (κ2) is 7.93. The number of aromatic amines is 1. The number of carbonyl (C=O) groups excluding carboxylic acids is 1. The van der Waals surface area contributed by atoms with Gasteiger partial charge in [0.05, 0.1) is 5.69 Å². The summed E-state index contributed by atoms with van der Waals surface area (Å²) < 4.78 is 7.12. The summed E-state index contributed by atoms with van der Waals surface area (Å²) in [7, 11) is 0. The maximum atomic E-state index is 12.4. The standard InChI is InChI=1S/C19H15ClN6O2/c20-14-2-1-3-15(10-14)28-12-26-9-6-16(25-26)19(27)22-18-11-17(23-24-18)13-4-7-21-8-5-13/h1-11H,12H2,(H2,22,23,24,27). The van der Waals surface area contributed by atoms with Gasteiger partial charge in [0.25, 0.3) is 5.91 Å². The fourth-order valence-electron chi connectivity index (χ4n) is 2.50. The lowest BCUT2D eigenvalue weighted by molar-refractivity contribution is 0.102. The Morgan fingerprint density at radius 1 is 1.18 bits per heavy atom. The second-order valence-corrected chi connectivity index (χ2v) is 6.26. The number of pyridine rings is 1. The van der Waals surface area contributed by atoms with Gasteiger partial charge in [-0.2, -0.15) is 10.2 Å². The van der Waals surface area contributed by atoms with Gasteiger partial charge >= 0.3 is 0 Å². The smallest absolute Gasteiger partial charge is 0.277 e. The predicted octanol–water partition coefficient (Wildman–Crippen LogP) is 3.61. The van der Waals surface area contributed by atoms with Gasteiger partial charge in [-0.15, -0.1) is 0 Å². The van der Waals surface area contributed by atoms with Crippen molar-refractivity contribution in [3.8, 4) is 17.0 Å². The first kappa shape index (κ1) is 17.7. The number of amides is 1. The van der Waals surface area contributed by atoms with Crippen LogP contribution in [0.3, 0.4) is 0 Å². The minimum absolute atomic E-state index is 0.155. The summed E-state index contributed by atoms with van der Waals surface area (Å²) in [5, 5.41) is 14.5. The van der Waals surface area contributed by atoms with E-state index in [1.165, 1.54) is 4.68 Å². The third-order valence-corrected chi connectivity index (χ3v) is 4.08. The van der Waals surface area contributed by atoms with Gasteiger partial charge in [0.15, 0.2) is 18.2 Å². The Kier molecular flexibility index (Phi) is 5.03. The number of aromatic nitrogens is 5. The molecule has 8 nitrogen and oxygen atoms in total.